The fourth-order valence-electron chi connectivity index (χ4n) is 10.0. The molecule has 2 aromatic heterocycles. The van der Waals surface area contributed by atoms with Gasteiger partial charge in [0.1, 0.15) is 0 Å². The minimum Gasteiger partial charge on any atom is -0.309 e. The minimum absolute atomic E-state index is 0.145. The fourth-order valence-corrected chi connectivity index (χ4v) is 10.0. The molecule has 3 nitrogen and oxygen atoms in total. The molecule has 0 bridgehead atoms. The Labute approximate surface area is 361 Å². The summed E-state index contributed by atoms with van der Waals surface area (Å²) >= 11 is 0. The maximum Gasteiger partial charge on any atom is 0.160 e. The predicted molar refractivity (Wildman–Crippen MR) is 259 cm³/mol. The Hall–Kier alpha value is -7.88. The maximum absolute atomic E-state index is 5.37. The van der Waals surface area contributed by atoms with Crippen LogP contribution in [0.1, 0.15) is 25.0 Å². The number of nitrogens with zero attached hydrogens (tertiary/aromatic N) is 3. The zero-order valence-electron chi connectivity index (χ0n) is 34.5. The van der Waals surface area contributed by atoms with Crippen molar-refractivity contribution in [2.24, 2.45) is 0 Å². The Bertz CT molecular complexity index is 3540. The van der Waals surface area contributed by atoms with Gasteiger partial charge in [-0.25, -0.2) is 9.97 Å². The second-order valence-corrected chi connectivity index (χ2v) is 16.9. The number of para-hydroxylation sites is 2. The molecule has 11 aromatic rings. The molecule has 1 aliphatic rings. The van der Waals surface area contributed by atoms with E-state index in [4.69, 9.17) is 9.97 Å². The average molecular weight is 792 g/mol. The van der Waals surface area contributed by atoms with Gasteiger partial charge in [-0.05, 0) is 104 Å². The van der Waals surface area contributed by atoms with E-state index in [1.54, 1.807) is 0 Å². The predicted octanol–water partition coefficient (Wildman–Crippen LogP) is 15.4. The van der Waals surface area contributed by atoms with Crippen LogP contribution >= 0.6 is 0 Å². The van der Waals surface area contributed by atoms with Gasteiger partial charge in [0, 0.05) is 38.6 Å². The molecule has 2 heterocycles. The molecule has 0 aliphatic heterocycles. The Balaban J connectivity index is 1.04. The van der Waals surface area contributed by atoms with E-state index in [0.29, 0.717) is 5.82 Å². The molecule has 0 N–H and O–H groups in total. The third-order valence-electron chi connectivity index (χ3n) is 13.0. The largest absolute Gasteiger partial charge is 0.309 e. The van der Waals surface area contributed by atoms with Crippen LogP contribution in [0.2, 0.25) is 0 Å². The summed E-state index contributed by atoms with van der Waals surface area (Å²) in [5.74, 6) is 0.697. The van der Waals surface area contributed by atoms with Crippen LogP contribution in [-0.2, 0) is 5.41 Å². The van der Waals surface area contributed by atoms with Crippen molar-refractivity contribution in [3.8, 4) is 73.0 Å². The molecule has 0 saturated carbocycles. The molecule has 1 aliphatic carbocycles. The Morgan fingerprint density at radius 1 is 0.387 bits per heavy atom. The van der Waals surface area contributed by atoms with Crippen LogP contribution in [0.4, 0.5) is 0 Å². The SMILES string of the molecule is CC1(C)c2cc3ccccc3cc2-c2c(-c3ccccc3-c3cc(-c4cccc(-c5cccc6c5c5ccccc5n6-c5ccccc5)c4)nc(-c4ccccc4)n3)cccc21. The maximum atomic E-state index is 5.37. The standard InChI is InChI=1S/C59H41N3/c1-59(2)50-31-16-30-47(56(50)49-35-39-20-9-10-21-40(39)36-51(49)59)45-26-11-12-27-46(45)53-37-52(60-58(61-53)38-18-5-3-6-19-38)42-23-15-22-41(34-42)44-29-17-33-55-57(44)48-28-13-14-32-54(48)62(55)43-24-7-4-8-25-43/h3-37H,1-2H3. The van der Waals surface area contributed by atoms with Gasteiger partial charge in [-0.15, -0.1) is 0 Å². The van der Waals surface area contributed by atoms with Gasteiger partial charge in [0.15, 0.2) is 5.82 Å². The van der Waals surface area contributed by atoms with Gasteiger partial charge >= 0.3 is 0 Å². The number of rotatable bonds is 6. The molecule has 292 valence electrons. The van der Waals surface area contributed by atoms with E-state index in [1.165, 1.54) is 66.0 Å². The summed E-state index contributed by atoms with van der Waals surface area (Å²) in [4.78, 5) is 10.7. The van der Waals surface area contributed by atoms with Crippen molar-refractivity contribution in [2.45, 2.75) is 19.3 Å². The van der Waals surface area contributed by atoms with Gasteiger partial charge in [-0.3, -0.25) is 0 Å². The molecule has 0 amide bonds. The molecule has 9 aromatic carbocycles. The summed E-state index contributed by atoms with van der Waals surface area (Å²) in [6.07, 6.45) is 0. The normalized spacial score (nSPS) is 12.8. The number of hydrogen-bond acceptors (Lipinski definition) is 2. The molecule has 0 fully saturated rings. The zero-order valence-corrected chi connectivity index (χ0v) is 34.5. The highest BCUT2D eigenvalue weighted by Gasteiger charge is 2.37. The molecular formula is C59H41N3. The third-order valence-corrected chi connectivity index (χ3v) is 13.0. The van der Waals surface area contributed by atoms with Gasteiger partial charge in [-0.2, -0.15) is 0 Å². The molecule has 0 spiro atoms. The van der Waals surface area contributed by atoms with Crippen LogP contribution < -0.4 is 0 Å². The van der Waals surface area contributed by atoms with Crippen LogP contribution in [0, 0.1) is 0 Å². The highest BCUT2D eigenvalue weighted by Crippen LogP contribution is 2.54. The van der Waals surface area contributed by atoms with Gasteiger partial charge in [0.25, 0.3) is 0 Å². The summed E-state index contributed by atoms with van der Waals surface area (Å²) in [5.41, 5.74) is 18.2. The van der Waals surface area contributed by atoms with E-state index in [1.807, 2.05) is 6.07 Å². The molecule has 0 saturated heterocycles. The first-order valence-corrected chi connectivity index (χ1v) is 21.4. The highest BCUT2D eigenvalue weighted by atomic mass is 15.0. The summed E-state index contributed by atoms with van der Waals surface area (Å²) < 4.78 is 2.38. The van der Waals surface area contributed by atoms with Crippen LogP contribution in [0.3, 0.4) is 0 Å². The van der Waals surface area contributed by atoms with E-state index in [0.717, 1.165) is 44.9 Å². The van der Waals surface area contributed by atoms with E-state index in [9.17, 15) is 0 Å². The monoisotopic (exact) mass is 791 g/mol. The first-order chi connectivity index (χ1) is 30.5. The summed E-state index contributed by atoms with van der Waals surface area (Å²) in [7, 11) is 0. The van der Waals surface area contributed by atoms with E-state index >= 15 is 0 Å². The number of hydrogen-bond donors (Lipinski definition) is 0. The lowest BCUT2D eigenvalue weighted by Crippen LogP contribution is -2.14. The Kier molecular flexibility index (Phi) is 8.20. The van der Waals surface area contributed by atoms with Gasteiger partial charge < -0.3 is 4.57 Å². The molecule has 0 radical (unpaired) electrons. The second-order valence-electron chi connectivity index (χ2n) is 16.9. The molecule has 12 rings (SSSR count). The summed E-state index contributed by atoms with van der Waals surface area (Å²) in [6, 6.07) is 76.5. The number of aromatic nitrogens is 3. The van der Waals surface area contributed by atoms with Crippen molar-refractivity contribution in [1.29, 1.82) is 0 Å². The lowest BCUT2D eigenvalue weighted by atomic mass is 9.81. The van der Waals surface area contributed by atoms with Crippen molar-refractivity contribution in [2.75, 3.05) is 0 Å². The Morgan fingerprint density at radius 2 is 0.984 bits per heavy atom. The minimum atomic E-state index is -0.145. The first-order valence-electron chi connectivity index (χ1n) is 21.4. The van der Waals surface area contributed by atoms with E-state index in [2.05, 4.69) is 225 Å². The lowest BCUT2D eigenvalue weighted by Gasteiger charge is -2.22. The smallest absolute Gasteiger partial charge is 0.160 e. The quantitative estimate of drug-likeness (QED) is 0.168. The average Bonchev–Trinajstić information content (AvgIpc) is 3.79. The fraction of sp³-hybridized carbons (Fsp3) is 0.0508. The van der Waals surface area contributed by atoms with Crippen molar-refractivity contribution in [3.63, 3.8) is 0 Å². The third kappa shape index (κ3) is 5.66. The van der Waals surface area contributed by atoms with Crippen LogP contribution in [0.15, 0.2) is 212 Å². The van der Waals surface area contributed by atoms with Crippen molar-refractivity contribution in [3.05, 3.63) is 223 Å². The highest BCUT2D eigenvalue weighted by molar-refractivity contribution is 6.16. The summed E-state index contributed by atoms with van der Waals surface area (Å²) in [5, 5.41) is 4.99. The van der Waals surface area contributed by atoms with Gasteiger partial charge in [0.05, 0.1) is 22.4 Å². The van der Waals surface area contributed by atoms with Crippen LogP contribution in [0.25, 0.3) is 106 Å². The molecule has 0 atom stereocenters. The van der Waals surface area contributed by atoms with Gasteiger partial charge in [0.2, 0.25) is 0 Å². The summed E-state index contributed by atoms with van der Waals surface area (Å²) in [6.45, 7) is 4.72. The molecule has 3 heteroatoms. The van der Waals surface area contributed by atoms with E-state index < -0.39 is 0 Å². The zero-order chi connectivity index (χ0) is 41.4. The Morgan fingerprint density at radius 3 is 1.82 bits per heavy atom. The number of benzene rings is 9. The first kappa shape index (κ1) is 36.0. The molecule has 62 heavy (non-hydrogen) atoms. The lowest BCUT2D eigenvalue weighted by molar-refractivity contribution is 0.661. The topological polar surface area (TPSA) is 30.7 Å². The molecular weight excluding hydrogens is 751 g/mol. The molecule has 0 unspecified atom stereocenters. The van der Waals surface area contributed by atoms with Gasteiger partial charge in [-0.1, -0.05) is 178 Å². The van der Waals surface area contributed by atoms with Crippen molar-refractivity contribution in [1.82, 2.24) is 14.5 Å². The van der Waals surface area contributed by atoms with Crippen molar-refractivity contribution < 1.29 is 0 Å². The second kappa shape index (κ2) is 14.1. The van der Waals surface area contributed by atoms with Crippen LogP contribution in [-0.4, -0.2) is 14.5 Å². The van der Waals surface area contributed by atoms with Crippen molar-refractivity contribution >= 4 is 32.6 Å². The number of fused-ring (bicyclic) bond motifs is 7. The van der Waals surface area contributed by atoms with Crippen LogP contribution in [0.5, 0.6) is 0 Å². The van der Waals surface area contributed by atoms with E-state index in [-0.39, 0.29) is 5.41 Å².